The Labute approximate surface area is 309 Å². The van der Waals surface area contributed by atoms with Gasteiger partial charge in [-0.05, 0) is 122 Å². The Morgan fingerprint density at radius 3 is 1.40 bits per heavy atom. The maximum atomic E-state index is 4.97. The average molecular weight is 687 g/mol. The molecule has 0 saturated heterocycles. The van der Waals surface area contributed by atoms with E-state index >= 15 is 0 Å². The van der Waals surface area contributed by atoms with Crippen LogP contribution in [-0.2, 0) is 10.8 Å². The van der Waals surface area contributed by atoms with Crippen LogP contribution in [-0.4, -0.2) is 4.98 Å². The Balaban J connectivity index is 1.01. The van der Waals surface area contributed by atoms with Crippen molar-refractivity contribution < 1.29 is 0 Å². The van der Waals surface area contributed by atoms with E-state index in [9.17, 15) is 0 Å². The van der Waals surface area contributed by atoms with Gasteiger partial charge in [0.2, 0.25) is 0 Å². The van der Waals surface area contributed by atoms with Crippen molar-refractivity contribution in [3.05, 3.63) is 180 Å². The third-order valence-corrected chi connectivity index (χ3v) is 12.6. The van der Waals surface area contributed by atoms with E-state index in [0.717, 1.165) is 21.9 Å². The number of aromatic nitrogens is 1. The summed E-state index contributed by atoms with van der Waals surface area (Å²) >= 11 is 1.77. The molecule has 2 aliphatic rings. The molecule has 0 saturated carbocycles. The Morgan fingerprint density at radius 2 is 0.865 bits per heavy atom. The first kappa shape index (κ1) is 31.0. The summed E-state index contributed by atoms with van der Waals surface area (Å²) in [6.07, 6.45) is 0. The van der Waals surface area contributed by atoms with Crippen LogP contribution < -0.4 is 4.90 Å². The second-order valence-electron chi connectivity index (χ2n) is 15.3. The number of benzene rings is 7. The second-order valence-corrected chi connectivity index (χ2v) is 16.3. The zero-order valence-corrected chi connectivity index (χ0v) is 30.6. The zero-order valence-electron chi connectivity index (χ0n) is 29.8. The minimum Gasteiger partial charge on any atom is -0.310 e. The van der Waals surface area contributed by atoms with Gasteiger partial charge in [-0.2, -0.15) is 0 Å². The van der Waals surface area contributed by atoms with Crippen LogP contribution in [0.1, 0.15) is 49.9 Å². The van der Waals surface area contributed by atoms with E-state index in [2.05, 4.69) is 190 Å². The van der Waals surface area contributed by atoms with Crippen molar-refractivity contribution >= 4 is 38.6 Å². The summed E-state index contributed by atoms with van der Waals surface area (Å²) in [4.78, 5) is 7.33. The van der Waals surface area contributed by atoms with Crippen LogP contribution in [0.2, 0.25) is 0 Å². The molecule has 52 heavy (non-hydrogen) atoms. The van der Waals surface area contributed by atoms with E-state index in [1.165, 1.54) is 71.6 Å². The maximum absolute atomic E-state index is 4.97. The van der Waals surface area contributed by atoms with Gasteiger partial charge in [0.25, 0.3) is 0 Å². The van der Waals surface area contributed by atoms with Gasteiger partial charge in [0.1, 0.15) is 5.01 Å². The lowest BCUT2D eigenvalue weighted by molar-refractivity contribution is 0.659. The van der Waals surface area contributed by atoms with Crippen molar-refractivity contribution in [1.29, 1.82) is 0 Å². The molecule has 0 aliphatic heterocycles. The van der Waals surface area contributed by atoms with Crippen LogP contribution in [0.5, 0.6) is 0 Å². The molecule has 0 bridgehead atoms. The quantitative estimate of drug-likeness (QED) is 0.179. The second kappa shape index (κ2) is 11.4. The first-order chi connectivity index (χ1) is 25.3. The highest BCUT2D eigenvalue weighted by atomic mass is 32.1. The minimum absolute atomic E-state index is 0.126. The highest BCUT2D eigenvalue weighted by molar-refractivity contribution is 7.21. The zero-order chi connectivity index (χ0) is 35.2. The minimum atomic E-state index is -0.154. The molecule has 0 spiro atoms. The fraction of sp³-hybridized carbons (Fsp3) is 0.122. The summed E-state index contributed by atoms with van der Waals surface area (Å²) in [5, 5.41) is 1.08. The smallest absolute Gasteiger partial charge is 0.124 e. The van der Waals surface area contributed by atoms with Gasteiger partial charge in [0, 0.05) is 33.5 Å². The van der Waals surface area contributed by atoms with Crippen LogP contribution in [0.25, 0.3) is 54.2 Å². The van der Waals surface area contributed by atoms with Gasteiger partial charge in [-0.3, -0.25) is 0 Å². The van der Waals surface area contributed by atoms with Crippen LogP contribution in [0.3, 0.4) is 0 Å². The summed E-state index contributed by atoms with van der Waals surface area (Å²) in [5.74, 6) is 0. The number of hydrogen-bond acceptors (Lipinski definition) is 3. The molecule has 0 N–H and O–H groups in total. The molecule has 7 aromatic carbocycles. The molecule has 0 unspecified atom stereocenters. The molecule has 0 fully saturated rings. The van der Waals surface area contributed by atoms with Crippen molar-refractivity contribution in [2.24, 2.45) is 0 Å². The average Bonchev–Trinajstić information content (AvgIpc) is 3.78. The Bertz CT molecular complexity index is 2610. The van der Waals surface area contributed by atoms with E-state index in [4.69, 9.17) is 4.98 Å². The summed E-state index contributed by atoms with van der Waals surface area (Å²) in [6.45, 7) is 9.51. The summed E-state index contributed by atoms with van der Waals surface area (Å²) in [5.41, 5.74) is 18.8. The van der Waals surface area contributed by atoms with Crippen molar-refractivity contribution in [1.82, 2.24) is 4.98 Å². The van der Waals surface area contributed by atoms with Gasteiger partial charge < -0.3 is 4.90 Å². The van der Waals surface area contributed by atoms with E-state index in [1.54, 1.807) is 11.3 Å². The number of hydrogen-bond donors (Lipinski definition) is 0. The summed E-state index contributed by atoms with van der Waals surface area (Å²) in [7, 11) is 0. The SMILES string of the molecule is CC1(C)c2cc(-c3ccc4c(c3)C(C)(C)c3cc(N(c5ccccc5)c5ccccc5)ccc3-4)ccc2-c2ccc(-c3nc4ccccc4s3)cc21. The van der Waals surface area contributed by atoms with E-state index in [-0.39, 0.29) is 10.8 Å². The third-order valence-electron chi connectivity index (χ3n) is 11.5. The Hall–Kier alpha value is -5.77. The lowest BCUT2D eigenvalue weighted by atomic mass is 9.80. The number of nitrogens with zero attached hydrogens (tertiary/aromatic N) is 2. The largest absolute Gasteiger partial charge is 0.310 e. The lowest BCUT2D eigenvalue weighted by Crippen LogP contribution is -2.16. The molecule has 10 rings (SSSR count). The predicted molar refractivity (Wildman–Crippen MR) is 220 cm³/mol. The molecule has 3 heteroatoms. The number of thiazole rings is 1. The van der Waals surface area contributed by atoms with Gasteiger partial charge in [0.15, 0.2) is 0 Å². The molecule has 2 aliphatic carbocycles. The molecular formula is C49H38N2S. The van der Waals surface area contributed by atoms with Gasteiger partial charge in [-0.25, -0.2) is 4.98 Å². The molecule has 250 valence electrons. The van der Waals surface area contributed by atoms with Crippen LogP contribution in [0.15, 0.2) is 158 Å². The molecule has 0 amide bonds. The van der Waals surface area contributed by atoms with Gasteiger partial charge >= 0.3 is 0 Å². The van der Waals surface area contributed by atoms with Gasteiger partial charge in [-0.15, -0.1) is 11.3 Å². The first-order valence-electron chi connectivity index (χ1n) is 18.1. The Kier molecular flexibility index (Phi) is 6.78. The van der Waals surface area contributed by atoms with Crippen LogP contribution in [0.4, 0.5) is 17.1 Å². The molecule has 1 aromatic heterocycles. The number of fused-ring (bicyclic) bond motifs is 7. The number of para-hydroxylation sites is 3. The standard InChI is InChI=1S/C49H38N2S/c1-48(2)41-27-31(19-23-37(41)39-25-21-33(29-43(39)48)47-50-45-17-11-12-18-46(45)52-47)32-20-24-38-40-26-22-36(30-44(40)49(3,4)42(38)28-32)51(34-13-7-5-8-14-34)35-15-9-6-10-16-35/h5-30H,1-4H3. The lowest BCUT2D eigenvalue weighted by Gasteiger charge is -2.28. The highest BCUT2D eigenvalue weighted by Gasteiger charge is 2.38. The van der Waals surface area contributed by atoms with E-state index < -0.39 is 0 Å². The Morgan fingerprint density at radius 1 is 0.423 bits per heavy atom. The van der Waals surface area contributed by atoms with Crippen molar-refractivity contribution in [2.75, 3.05) is 4.90 Å². The summed E-state index contributed by atoms with van der Waals surface area (Å²) < 4.78 is 1.23. The third kappa shape index (κ3) is 4.66. The topological polar surface area (TPSA) is 16.1 Å². The van der Waals surface area contributed by atoms with Crippen molar-refractivity contribution in [3.8, 4) is 44.0 Å². The summed E-state index contributed by atoms with van der Waals surface area (Å²) in [6, 6.07) is 57.9. The maximum Gasteiger partial charge on any atom is 0.124 e. The number of rotatable bonds is 5. The molecule has 2 nitrogen and oxygen atoms in total. The highest BCUT2D eigenvalue weighted by Crippen LogP contribution is 2.53. The fourth-order valence-corrected chi connectivity index (χ4v) is 9.65. The molecule has 8 aromatic rings. The van der Waals surface area contributed by atoms with Gasteiger partial charge in [0.05, 0.1) is 10.2 Å². The number of anilines is 3. The van der Waals surface area contributed by atoms with Crippen LogP contribution in [0, 0.1) is 0 Å². The fourth-order valence-electron chi connectivity index (χ4n) is 8.69. The molecule has 0 atom stereocenters. The van der Waals surface area contributed by atoms with Crippen molar-refractivity contribution in [3.63, 3.8) is 0 Å². The van der Waals surface area contributed by atoms with E-state index in [1.807, 2.05) is 0 Å². The van der Waals surface area contributed by atoms with E-state index in [0.29, 0.717) is 0 Å². The monoisotopic (exact) mass is 686 g/mol. The first-order valence-corrected chi connectivity index (χ1v) is 18.9. The molecule has 0 radical (unpaired) electrons. The van der Waals surface area contributed by atoms with Gasteiger partial charge in [-0.1, -0.05) is 119 Å². The van der Waals surface area contributed by atoms with Crippen LogP contribution >= 0.6 is 11.3 Å². The van der Waals surface area contributed by atoms with Crippen molar-refractivity contribution in [2.45, 2.75) is 38.5 Å². The molecule has 1 heterocycles. The molecular weight excluding hydrogens is 649 g/mol. The predicted octanol–water partition coefficient (Wildman–Crippen LogP) is 13.7. The normalized spacial score (nSPS) is 14.5.